The van der Waals surface area contributed by atoms with E-state index in [1.165, 1.54) is 6.07 Å². The Kier molecular flexibility index (Phi) is 8.57. The standard InChI is InChI=1S/C29H28F6N4O/c1-17(37-18(2)24-12-26(31)27(32)13-25(24)30)21-10-22(20-4-3-5-23(11-20)29(33,34)35)16-39(15-21)28(40)38-8-6-19(14-36)7-9-38/h3-5,11-13,19,21-22H,2,6-10,15-16H2,1H3/b37-17+. The number of carbonyl (C=O) groups is 1. The third-order valence-electron chi connectivity index (χ3n) is 7.58. The molecule has 2 aromatic carbocycles. The summed E-state index contributed by atoms with van der Waals surface area (Å²) in [6, 6.07) is 7.98. The Morgan fingerprint density at radius 2 is 1.70 bits per heavy atom. The summed E-state index contributed by atoms with van der Waals surface area (Å²) in [5.41, 5.74) is -0.426. The van der Waals surface area contributed by atoms with E-state index in [9.17, 15) is 36.4 Å². The third kappa shape index (κ3) is 6.49. The second-order valence-corrected chi connectivity index (χ2v) is 10.3. The Balaban J connectivity index is 1.63. The van der Waals surface area contributed by atoms with Crippen molar-refractivity contribution in [3.63, 3.8) is 0 Å². The number of likely N-dealkylation sites (tertiary alicyclic amines) is 2. The highest BCUT2D eigenvalue weighted by atomic mass is 19.4. The molecule has 2 amide bonds. The van der Waals surface area contributed by atoms with Gasteiger partial charge in [0.1, 0.15) is 5.82 Å². The molecule has 2 aromatic rings. The predicted octanol–water partition coefficient (Wildman–Crippen LogP) is 7.02. The molecule has 0 spiro atoms. The fourth-order valence-electron chi connectivity index (χ4n) is 5.28. The molecule has 0 radical (unpaired) electrons. The lowest BCUT2D eigenvalue weighted by Crippen LogP contribution is -2.52. The number of hydrogen-bond donors (Lipinski definition) is 0. The van der Waals surface area contributed by atoms with Crippen LogP contribution in [0.2, 0.25) is 0 Å². The molecule has 0 bridgehead atoms. The van der Waals surface area contributed by atoms with Crippen molar-refractivity contribution in [3.05, 3.63) is 77.1 Å². The van der Waals surface area contributed by atoms with Gasteiger partial charge < -0.3 is 9.80 Å². The van der Waals surface area contributed by atoms with Crippen LogP contribution in [0.4, 0.5) is 31.1 Å². The highest BCUT2D eigenvalue weighted by Crippen LogP contribution is 2.36. The molecule has 2 aliphatic heterocycles. The first kappa shape index (κ1) is 29.2. The van der Waals surface area contributed by atoms with E-state index < -0.39 is 41.0 Å². The molecule has 4 rings (SSSR count). The summed E-state index contributed by atoms with van der Waals surface area (Å²) in [6.45, 7) is 6.50. The van der Waals surface area contributed by atoms with E-state index in [2.05, 4.69) is 17.6 Å². The van der Waals surface area contributed by atoms with Gasteiger partial charge in [0.15, 0.2) is 11.6 Å². The minimum atomic E-state index is -4.53. The summed E-state index contributed by atoms with van der Waals surface area (Å²) >= 11 is 0. The molecule has 2 aliphatic rings. The molecule has 212 valence electrons. The summed E-state index contributed by atoms with van der Waals surface area (Å²) in [4.78, 5) is 21.0. The van der Waals surface area contributed by atoms with Gasteiger partial charge in [-0.3, -0.25) is 4.99 Å². The van der Waals surface area contributed by atoms with Crippen LogP contribution in [0.1, 0.15) is 48.8 Å². The van der Waals surface area contributed by atoms with Gasteiger partial charge in [-0.05, 0) is 43.9 Å². The summed E-state index contributed by atoms with van der Waals surface area (Å²) in [5.74, 6) is -4.67. The fraction of sp³-hybridized carbons (Fsp3) is 0.414. The van der Waals surface area contributed by atoms with Crippen molar-refractivity contribution in [1.29, 1.82) is 5.26 Å². The predicted molar refractivity (Wildman–Crippen MR) is 138 cm³/mol. The Hall–Kier alpha value is -3.81. The van der Waals surface area contributed by atoms with E-state index in [1.54, 1.807) is 22.8 Å². The minimum Gasteiger partial charge on any atom is -0.325 e. The summed E-state index contributed by atoms with van der Waals surface area (Å²) in [5, 5.41) is 9.17. The summed E-state index contributed by atoms with van der Waals surface area (Å²) < 4.78 is 81.8. The normalized spacial score (nSPS) is 20.8. The molecule has 0 aliphatic carbocycles. The zero-order valence-corrected chi connectivity index (χ0v) is 21.8. The maximum absolute atomic E-state index is 14.3. The van der Waals surface area contributed by atoms with Crippen molar-refractivity contribution in [2.75, 3.05) is 26.2 Å². The Labute approximate surface area is 228 Å². The molecular formula is C29H28F6N4O. The van der Waals surface area contributed by atoms with Crippen LogP contribution in [-0.4, -0.2) is 47.7 Å². The van der Waals surface area contributed by atoms with Crippen LogP contribution in [0.3, 0.4) is 0 Å². The fourth-order valence-corrected chi connectivity index (χ4v) is 5.28. The minimum absolute atomic E-state index is 0.131. The molecule has 2 fully saturated rings. The van der Waals surface area contributed by atoms with Crippen LogP contribution >= 0.6 is 0 Å². The Morgan fingerprint density at radius 1 is 1.02 bits per heavy atom. The van der Waals surface area contributed by atoms with E-state index in [0.717, 1.165) is 12.1 Å². The second-order valence-electron chi connectivity index (χ2n) is 10.3. The lowest BCUT2D eigenvalue weighted by Gasteiger charge is -2.41. The first-order valence-corrected chi connectivity index (χ1v) is 12.9. The number of nitriles is 1. The number of carbonyl (C=O) groups excluding carboxylic acids is 1. The average Bonchev–Trinajstić information content (AvgIpc) is 2.93. The lowest BCUT2D eigenvalue weighted by molar-refractivity contribution is -0.137. The van der Waals surface area contributed by atoms with Crippen LogP contribution in [0.5, 0.6) is 0 Å². The third-order valence-corrected chi connectivity index (χ3v) is 7.58. The van der Waals surface area contributed by atoms with E-state index in [0.29, 0.717) is 55.8 Å². The molecule has 11 heteroatoms. The zero-order chi connectivity index (χ0) is 29.2. The number of rotatable bonds is 4. The number of halogens is 6. The molecule has 2 atom stereocenters. The number of alkyl halides is 3. The number of hydrogen-bond acceptors (Lipinski definition) is 3. The van der Waals surface area contributed by atoms with Crippen LogP contribution in [0.15, 0.2) is 48.0 Å². The molecule has 0 saturated carbocycles. The summed E-state index contributed by atoms with van der Waals surface area (Å²) in [7, 11) is 0. The zero-order valence-electron chi connectivity index (χ0n) is 21.8. The molecule has 5 nitrogen and oxygen atoms in total. The molecule has 0 aromatic heterocycles. The lowest BCUT2D eigenvalue weighted by atomic mass is 9.82. The molecule has 2 heterocycles. The average molecular weight is 563 g/mol. The molecular weight excluding hydrogens is 534 g/mol. The number of aliphatic imine (C=N–C) groups is 1. The maximum Gasteiger partial charge on any atom is 0.416 e. The largest absolute Gasteiger partial charge is 0.416 e. The van der Waals surface area contributed by atoms with Gasteiger partial charge in [-0.1, -0.05) is 24.8 Å². The number of piperidine rings is 2. The van der Waals surface area contributed by atoms with Gasteiger partial charge in [0.2, 0.25) is 0 Å². The van der Waals surface area contributed by atoms with E-state index in [-0.39, 0.29) is 36.3 Å². The van der Waals surface area contributed by atoms with Crippen LogP contribution in [0, 0.1) is 40.6 Å². The number of benzene rings is 2. The highest BCUT2D eigenvalue weighted by Gasteiger charge is 2.37. The van der Waals surface area contributed by atoms with Crippen molar-refractivity contribution < 1.29 is 31.1 Å². The highest BCUT2D eigenvalue weighted by molar-refractivity contribution is 5.90. The molecule has 0 N–H and O–H groups in total. The van der Waals surface area contributed by atoms with Gasteiger partial charge in [-0.25, -0.2) is 18.0 Å². The Morgan fingerprint density at radius 3 is 2.35 bits per heavy atom. The maximum atomic E-state index is 14.3. The number of urea groups is 1. The Bertz CT molecular complexity index is 1360. The van der Waals surface area contributed by atoms with Crippen LogP contribution in [0.25, 0.3) is 5.70 Å². The molecule has 2 saturated heterocycles. The van der Waals surface area contributed by atoms with E-state index in [1.807, 2.05) is 0 Å². The quantitative estimate of drug-likeness (QED) is 0.229. The number of nitrogens with zero attached hydrogens (tertiary/aromatic N) is 4. The second kappa shape index (κ2) is 11.7. The van der Waals surface area contributed by atoms with Gasteiger partial charge in [-0.15, -0.1) is 0 Å². The monoisotopic (exact) mass is 562 g/mol. The van der Waals surface area contributed by atoms with Crippen molar-refractivity contribution in [2.24, 2.45) is 16.8 Å². The molecule has 2 unspecified atom stereocenters. The smallest absolute Gasteiger partial charge is 0.325 e. The number of amides is 2. The van der Waals surface area contributed by atoms with Gasteiger partial charge in [0.05, 0.1) is 17.3 Å². The SMILES string of the molecule is C=C(/N=C(\C)C1CC(c2cccc(C(F)(F)F)c2)CN(C(=O)N2CCC(C#N)CC2)C1)c1cc(F)c(F)cc1F. The van der Waals surface area contributed by atoms with Gasteiger partial charge in [0.25, 0.3) is 0 Å². The van der Waals surface area contributed by atoms with Crippen molar-refractivity contribution in [2.45, 2.75) is 38.3 Å². The van der Waals surface area contributed by atoms with Crippen molar-refractivity contribution in [1.82, 2.24) is 9.80 Å². The van der Waals surface area contributed by atoms with Gasteiger partial charge >= 0.3 is 12.2 Å². The molecule has 40 heavy (non-hydrogen) atoms. The summed E-state index contributed by atoms with van der Waals surface area (Å²) in [6.07, 6.45) is -3.11. The van der Waals surface area contributed by atoms with Crippen molar-refractivity contribution in [3.8, 4) is 6.07 Å². The van der Waals surface area contributed by atoms with E-state index in [4.69, 9.17) is 0 Å². The van der Waals surface area contributed by atoms with Crippen molar-refractivity contribution >= 4 is 17.4 Å². The van der Waals surface area contributed by atoms with Crippen LogP contribution < -0.4 is 0 Å². The first-order chi connectivity index (χ1) is 18.9. The topological polar surface area (TPSA) is 59.7 Å². The van der Waals surface area contributed by atoms with E-state index >= 15 is 0 Å². The van der Waals surface area contributed by atoms with Gasteiger partial charge in [0, 0.05) is 61.3 Å². The first-order valence-electron chi connectivity index (χ1n) is 12.9. The van der Waals surface area contributed by atoms with Crippen LogP contribution in [-0.2, 0) is 6.18 Å². The van der Waals surface area contributed by atoms with Gasteiger partial charge in [-0.2, -0.15) is 18.4 Å².